The predicted molar refractivity (Wildman–Crippen MR) is 153 cm³/mol. The number of hydrogen-bond acceptors (Lipinski definition) is 5. The second-order valence-corrected chi connectivity index (χ2v) is 11.4. The Labute approximate surface area is 235 Å². The van der Waals surface area contributed by atoms with Crippen molar-refractivity contribution in [3.8, 4) is 5.75 Å². The standard InChI is InChI=1S/C29H34ClN3O5S/c1-5-17-31-29(35)22(3)32(19-23-11-13-26(38-4)14-12-23)28(34)20-33(25-8-6-7-24(30)18-25)39(36,37)27-15-9-21(2)10-16-27/h6-16,18,22H,5,17,19-20H2,1-4H3,(H,31,35)/t22-/m1/s1. The minimum absolute atomic E-state index is 0.0383. The maximum atomic E-state index is 13.9. The average molecular weight is 572 g/mol. The maximum Gasteiger partial charge on any atom is 0.264 e. The van der Waals surface area contributed by atoms with Gasteiger partial charge in [-0.3, -0.25) is 13.9 Å². The fourth-order valence-corrected chi connectivity index (χ4v) is 5.49. The average Bonchev–Trinajstić information content (AvgIpc) is 2.93. The number of benzene rings is 3. The molecule has 2 amide bonds. The summed E-state index contributed by atoms with van der Waals surface area (Å²) >= 11 is 6.20. The molecule has 0 unspecified atom stereocenters. The lowest BCUT2D eigenvalue weighted by molar-refractivity contribution is -0.139. The largest absolute Gasteiger partial charge is 0.497 e. The first kappa shape index (κ1) is 30.0. The van der Waals surface area contributed by atoms with Crippen LogP contribution < -0.4 is 14.4 Å². The van der Waals surface area contributed by atoms with Crippen LogP contribution in [0, 0.1) is 6.92 Å². The Hall–Kier alpha value is -3.56. The Morgan fingerprint density at radius 2 is 1.69 bits per heavy atom. The van der Waals surface area contributed by atoms with Crippen LogP contribution in [0.15, 0.2) is 77.7 Å². The van der Waals surface area contributed by atoms with Crippen LogP contribution in [0.2, 0.25) is 5.02 Å². The molecule has 0 saturated carbocycles. The summed E-state index contributed by atoms with van der Waals surface area (Å²) in [4.78, 5) is 28.2. The summed E-state index contributed by atoms with van der Waals surface area (Å²) in [7, 11) is -2.59. The number of anilines is 1. The summed E-state index contributed by atoms with van der Waals surface area (Å²) in [6, 6.07) is 19.0. The van der Waals surface area contributed by atoms with Crippen molar-refractivity contribution in [3.63, 3.8) is 0 Å². The van der Waals surface area contributed by atoms with Crippen LogP contribution in [0.5, 0.6) is 5.75 Å². The van der Waals surface area contributed by atoms with Gasteiger partial charge in [0.05, 0.1) is 17.7 Å². The maximum absolute atomic E-state index is 13.9. The normalized spacial score (nSPS) is 11.9. The van der Waals surface area contributed by atoms with Gasteiger partial charge in [0.25, 0.3) is 10.0 Å². The highest BCUT2D eigenvalue weighted by atomic mass is 35.5. The van der Waals surface area contributed by atoms with Gasteiger partial charge in [-0.15, -0.1) is 0 Å². The number of halogens is 1. The second-order valence-electron chi connectivity index (χ2n) is 9.14. The summed E-state index contributed by atoms with van der Waals surface area (Å²) in [6.45, 7) is 5.45. The molecule has 0 radical (unpaired) electrons. The van der Waals surface area contributed by atoms with Gasteiger partial charge in [-0.25, -0.2) is 8.42 Å². The molecule has 0 aliphatic rings. The van der Waals surface area contributed by atoms with Crippen molar-refractivity contribution in [1.82, 2.24) is 10.2 Å². The lowest BCUT2D eigenvalue weighted by atomic mass is 10.1. The van der Waals surface area contributed by atoms with Crippen LogP contribution >= 0.6 is 11.6 Å². The molecule has 1 N–H and O–H groups in total. The van der Waals surface area contributed by atoms with E-state index in [0.717, 1.165) is 21.9 Å². The Kier molecular flexibility index (Phi) is 10.4. The fourth-order valence-electron chi connectivity index (χ4n) is 3.90. The molecule has 0 saturated heterocycles. The Morgan fingerprint density at radius 3 is 2.28 bits per heavy atom. The van der Waals surface area contributed by atoms with E-state index in [0.29, 0.717) is 17.3 Å². The van der Waals surface area contributed by atoms with E-state index in [9.17, 15) is 18.0 Å². The summed E-state index contributed by atoms with van der Waals surface area (Å²) in [5.41, 5.74) is 1.90. The highest BCUT2D eigenvalue weighted by molar-refractivity contribution is 7.92. The second kappa shape index (κ2) is 13.5. The smallest absolute Gasteiger partial charge is 0.264 e. The van der Waals surface area contributed by atoms with Gasteiger partial charge in [0.1, 0.15) is 18.3 Å². The van der Waals surface area contributed by atoms with Crippen LogP contribution in [0.4, 0.5) is 5.69 Å². The lowest BCUT2D eigenvalue weighted by Crippen LogP contribution is -2.51. The molecule has 3 aromatic rings. The van der Waals surface area contributed by atoms with Crippen LogP contribution in [0.3, 0.4) is 0 Å². The molecule has 0 aliphatic carbocycles. The number of aryl methyl sites for hydroxylation is 1. The first-order valence-corrected chi connectivity index (χ1v) is 14.4. The summed E-state index contributed by atoms with van der Waals surface area (Å²) in [6.07, 6.45) is 0.738. The molecule has 8 nitrogen and oxygen atoms in total. The summed E-state index contributed by atoms with van der Waals surface area (Å²) in [5.74, 6) is -0.211. The number of rotatable bonds is 12. The molecule has 3 rings (SSSR count). The van der Waals surface area contributed by atoms with Crippen molar-refractivity contribution in [2.24, 2.45) is 0 Å². The van der Waals surface area contributed by atoms with Crippen molar-refractivity contribution >= 4 is 39.1 Å². The van der Waals surface area contributed by atoms with E-state index >= 15 is 0 Å². The highest BCUT2D eigenvalue weighted by Gasteiger charge is 2.32. The number of methoxy groups -OCH3 is 1. The number of hydrogen-bond donors (Lipinski definition) is 1. The quantitative estimate of drug-likeness (QED) is 0.337. The molecule has 3 aromatic carbocycles. The van der Waals surface area contributed by atoms with Gasteiger partial charge in [-0.2, -0.15) is 0 Å². The van der Waals surface area contributed by atoms with Crippen LogP contribution in [-0.2, 0) is 26.2 Å². The number of ether oxygens (including phenoxy) is 1. The molecular weight excluding hydrogens is 538 g/mol. The molecule has 0 spiro atoms. The van der Waals surface area contributed by atoms with Gasteiger partial charge < -0.3 is 15.0 Å². The summed E-state index contributed by atoms with van der Waals surface area (Å²) < 4.78 is 33.9. The summed E-state index contributed by atoms with van der Waals surface area (Å²) in [5, 5.41) is 3.15. The molecule has 0 aromatic heterocycles. The lowest BCUT2D eigenvalue weighted by Gasteiger charge is -2.32. The number of nitrogens with zero attached hydrogens (tertiary/aromatic N) is 2. The van der Waals surface area contributed by atoms with E-state index in [1.54, 1.807) is 68.6 Å². The minimum Gasteiger partial charge on any atom is -0.497 e. The van der Waals surface area contributed by atoms with Gasteiger partial charge >= 0.3 is 0 Å². The molecule has 10 heteroatoms. The highest BCUT2D eigenvalue weighted by Crippen LogP contribution is 2.27. The molecule has 1 atom stereocenters. The molecular formula is C29H34ClN3O5S. The topological polar surface area (TPSA) is 96.0 Å². The number of amides is 2. The van der Waals surface area contributed by atoms with Crippen LogP contribution in [0.25, 0.3) is 0 Å². The van der Waals surface area contributed by atoms with Gasteiger partial charge in [0.15, 0.2) is 0 Å². The van der Waals surface area contributed by atoms with Crippen LogP contribution in [-0.4, -0.2) is 51.4 Å². The third kappa shape index (κ3) is 7.74. The molecule has 39 heavy (non-hydrogen) atoms. The predicted octanol–water partition coefficient (Wildman–Crippen LogP) is 4.80. The number of sulfonamides is 1. The number of carbonyl (C=O) groups is 2. The SMILES string of the molecule is CCCNC(=O)[C@@H](C)N(Cc1ccc(OC)cc1)C(=O)CN(c1cccc(Cl)c1)S(=O)(=O)c1ccc(C)cc1. The van der Waals surface area contributed by atoms with Crippen LogP contribution in [0.1, 0.15) is 31.4 Å². The van der Waals surface area contributed by atoms with Gasteiger partial charge in [0, 0.05) is 18.1 Å². The number of nitrogens with one attached hydrogen (secondary N) is 1. The zero-order valence-electron chi connectivity index (χ0n) is 22.6. The van der Waals surface area contributed by atoms with E-state index in [4.69, 9.17) is 16.3 Å². The zero-order chi connectivity index (χ0) is 28.6. The van der Waals surface area contributed by atoms with E-state index < -0.39 is 28.5 Å². The number of carbonyl (C=O) groups excluding carboxylic acids is 2. The fraction of sp³-hybridized carbons (Fsp3) is 0.310. The molecule has 0 bridgehead atoms. The Balaban J connectivity index is 2.01. The van der Waals surface area contributed by atoms with Gasteiger partial charge in [-0.1, -0.05) is 54.4 Å². The first-order valence-electron chi connectivity index (χ1n) is 12.6. The van der Waals surface area contributed by atoms with E-state index in [1.807, 2.05) is 13.8 Å². The molecule has 0 heterocycles. The molecule has 208 valence electrons. The molecule has 0 aliphatic heterocycles. The van der Waals surface area contributed by atoms with Crippen molar-refractivity contribution in [2.45, 2.75) is 44.7 Å². The first-order chi connectivity index (χ1) is 18.6. The van der Waals surface area contributed by atoms with Crippen molar-refractivity contribution in [2.75, 3.05) is 24.5 Å². The zero-order valence-corrected chi connectivity index (χ0v) is 24.1. The third-order valence-corrected chi connectivity index (χ3v) is 8.24. The van der Waals surface area contributed by atoms with Crippen molar-refractivity contribution in [1.29, 1.82) is 0 Å². The van der Waals surface area contributed by atoms with E-state index in [-0.39, 0.29) is 23.0 Å². The van der Waals surface area contributed by atoms with E-state index in [1.165, 1.54) is 23.1 Å². The third-order valence-electron chi connectivity index (χ3n) is 6.21. The van der Waals surface area contributed by atoms with Gasteiger partial charge in [-0.05, 0) is 68.3 Å². The van der Waals surface area contributed by atoms with E-state index in [2.05, 4.69) is 5.32 Å². The van der Waals surface area contributed by atoms with Crippen molar-refractivity contribution in [3.05, 3.63) is 88.9 Å². The van der Waals surface area contributed by atoms with Gasteiger partial charge in [0.2, 0.25) is 11.8 Å². The minimum atomic E-state index is -4.15. The van der Waals surface area contributed by atoms with Crippen molar-refractivity contribution < 1.29 is 22.7 Å². The monoisotopic (exact) mass is 571 g/mol. The molecule has 0 fully saturated rings. The Morgan fingerprint density at radius 1 is 1.03 bits per heavy atom. The Bertz CT molecular complexity index is 1380.